The van der Waals surface area contributed by atoms with Crippen LogP contribution in [0.5, 0.6) is 11.5 Å². The van der Waals surface area contributed by atoms with Gasteiger partial charge in [0.1, 0.15) is 0 Å². The van der Waals surface area contributed by atoms with Crippen LogP contribution in [0.4, 0.5) is 0 Å². The molecule has 7 nitrogen and oxygen atoms in total. The standard InChI is InChI=1S/C49H33N5O2/c1-3-10-32(11-4-1)36-14-9-15-37(28-36)48-52-47(35-12-5-2-6-13-35)53-49(54-48)42-19-18-41(45-46(42)56-44-17-8-7-16-43(44)55-45)40-30-38(33-20-24-50-25-21-33)29-39(31-40)34-22-26-51-27-23-34/h1-31,43-44H. The van der Waals surface area contributed by atoms with Crippen molar-refractivity contribution in [3.8, 4) is 90.2 Å². The van der Waals surface area contributed by atoms with Crippen molar-refractivity contribution in [1.82, 2.24) is 24.9 Å². The average Bonchev–Trinajstić information content (AvgIpc) is 3.29. The lowest BCUT2D eigenvalue weighted by molar-refractivity contribution is 0.0769. The molecule has 56 heavy (non-hydrogen) atoms. The highest BCUT2D eigenvalue weighted by Crippen LogP contribution is 2.49. The first-order chi connectivity index (χ1) is 27.7. The van der Waals surface area contributed by atoms with Gasteiger partial charge >= 0.3 is 0 Å². The molecular formula is C49H33N5O2. The fourth-order valence-electron chi connectivity index (χ4n) is 7.27. The van der Waals surface area contributed by atoms with Crippen LogP contribution in [0.3, 0.4) is 0 Å². The first-order valence-electron chi connectivity index (χ1n) is 18.5. The minimum atomic E-state index is -0.325. The highest BCUT2D eigenvalue weighted by Gasteiger charge is 2.34. The van der Waals surface area contributed by atoms with Crippen molar-refractivity contribution in [2.24, 2.45) is 0 Å². The molecule has 0 saturated heterocycles. The summed E-state index contributed by atoms with van der Waals surface area (Å²) in [5.74, 6) is 2.83. The van der Waals surface area contributed by atoms with Crippen molar-refractivity contribution in [2.45, 2.75) is 12.2 Å². The van der Waals surface area contributed by atoms with Crippen molar-refractivity contribution < 1.29 is 9.47 Å². The minimum Gasteiger partial charge on any atom is -0.478 e. The summed E-state index contributed by atoms with van der Waals surface area (Å²) in [5.41, 5.74) is 10.8. The second kappa shape index (κ2) is 14.4. The molecule has 1 aliphatic carbocycles. The molecule has 2 atom stereocenters. The lowest BCUT2D eigenvalue weighted by atomic mass is 9.92. The van der Waals surface area contributed by atoms with Crippen LogP contribution in [0.1, 0.15) is 0 Å². The van der Waals surface area contributed by atoms with E-state index >= 15 is 0 Å². The quantitative estimate of drug-likeness (QED) is 0.162. The van der Waals surface area contributed by atoms with Crippen LogP contribution < -0.4 is 9.47 Å². The molecule has 1 aliphatic heterocycles. The van der Waals surface area contributed by atoms with Gasteiger partial charge < -0.3 is 9.47 Å². The van der Waals surface area contributed by atoms with Crippen molar-refractivity contribution in [2.75, 3.05) is 0 Å². The minimum absolute atomic E-state index is 0.306. The van der Waals surface area contributed by atoms with Crippen LogP contribution in [0.2, 0.25) is 0 Å². The van der Waals surface area contributed by atoms with Gasteiger partial charge in [-0.05, 0) is 112 Å². The molecule has 0 spiro atoms. The highest BCUT2D eigenvalue weighted by molar-refractivity contribution is 5.87. The fourth-order valence-corrected chi connectivity index (χ4v) is 7.27. The first-order valence-corrected chi connectivity index (χ1v) is 18.5. The van der Waals surface area contributed by atoms with Crippen molar-refractivity contribution in [3.63, 3.8) is 0 Å². The van der Waals surface area contributed by atoms with E-state index in [9.17, 15) is 0 Å². The second-order valence-electron chi connectivity index (χ2n) is 13.6. The van der Waals surface area contributed by atoms with Crippen molar-refractivity contribution >= 4 is 0 Å². The van der Waals surface area contributed by atoms with E-state index in [2.05, 4.69) is 58.5 Å². The van der Waals surface area contributed by atoms with Gasteiger partial charge in [0, 0.05) is 41.5 Å². The number of ether oxygens (including phenoxy) is 2. The Morgan fingerprint density at radius 1 is 0.339 bits per heavy atom. The van der Waals surface area contributed by atoms with Gasteiger partial charge in [0.25, 0.3) is 0 Å². The Morgan fingerprint density at radius 2 is 0.786 bits per heavy atom. The highest BCUT2D eigenvalue weighted by atomic mass is 16.6. The molecular weight excluding hydrogens is 691 g/mol. The van der Waals surface area contributed by atoms with E-state index in [1.165, 1.54) is 0 Å². The summed E-state index contributed by atoms with van der Waals surface area (Å²) in [7, 11) is 0. The maximum atomic E-state index is 6.91. The Balaban J connectivity index is 1.17. The Kier molecular flexibility index (Phi) is 8.50. The maximum Gasteiger partial charge on any atom is 0.174 e. The predicted octanol–water partition coefficient (Wildman–Crippen LogP) is 11.0. The van der Waals surface area contributed by atoms with Crippen molar-refractivity contribution in [1.29, 1.82) is 0 Å². The molecule has 0 amide bonds. The molecule has 7 heteroatoms. The van der Waals surface area contributed by atoms with E-state index in [0.29, 0.717) is 34.5 Å². The molecule has 266 valence electrons. The Hall–Kier alpha value is -7.51. The Bertz CT molecular complexity index is 2700. The summed E-state index contributed by atoms with van der Waals surface area (Å²) >= 11 is 0. The average molecular weight is 724 g/mol. The number of pyridine rings is 2. The number of nitrogens with zero attached hydrogens (tertiary/aromatic N) is 5. The molecule has 3 aromatic heterocycles. The van der Waals surface area contributed by atoms with Crippen LogP contribution in [-0.4, -0.2) is 37.1 Å². The van der Waals surface area contributed by atoms with Gasteiger partial charge in [-0.3, -0.25) is 9.97 Å². The van der Waals surface area contributed by atoms with E-state index in [1.807, 2.05) is 140 Å². The number of hydrogen-bond acceptors (Lipinski definition) is 7. The molecule has 2 aliphatic rings. The van der Waals surface area contributed by atoms with E-state index in [4.69, 9.17) is 24.4 Å². The van der Waals surface area contributed by atoms with Crippen molar-refractivity contribution in [3.05, 3.63) is 189 Å². The van der Waals surface area contributed by atoms with Gasteiger partial charge in [-0.25, -0.2) is 15.0 Å². The van der Waals surface area contributed by atoms with Crippen LogP contribution >= 0.6 is 0 Å². The Morgan fingerprint density at radius 3 is 1.41 bits per heavy atom. The Labute approximate surface area is 324 Å². The first kappa shape index (κ1) is 33.1. The van der Waals surface area contributed by atoms with Gasteiger partial charge in [-0.1, -0.05) is 91.0 Å². The summed E-state index contributed by atoms with van der Waals surface area (Å²) in [4.78, 5) is 23.8. The van der Waals surface area contributed by atoms with E-state index < -0.39 is 0 Å². The fraction of sp³-hybridized carbons (Fsp3) is 0.0408. The summed E-state index contributed by atoms with van der Waals surface area (Å²) in [6.45, 7) is 0. The van der Waals surface area contributed by atoms with Crippen LogP contribution in [-0.2, 0) is 0 Å². The van der Waals surface area contributed by atoms with E-state index in [-0.39, 0.29) is 12.2 Å². The third kappa shape index (κ3) is 6.41. The zero-order valence-corrected chi connectivity index (χ0v) is 30.1. The number of hydrogen-bond donors (Lipinski definition) is 0. The topological polar surface area (TPSA) is 82.9 Å². The molecule has 0 N–H and O–H groups in total. The van der Waals surface area contributed by atoms with Crippen LogP contribution in [0.25, 0.3) is 78.7 Å². The van der Waals surface area contributed by atoms with Gasteiger partial charge in [-0.2, -0.15) is 0 Å². The molecule has 0 bridgehead atoms. The lowest BCUT2D eigenvalue weighted by Crippen LogP contribution is -2.38. The van der Waals surface area contributed by atoms with Gasteiger partial charge in [0.2, 0.25) is 0 Å². The summed E-state index contributed by atoms with van der Waals surface area (Å²) in [5, 5.41) is 0. The van der Waals surface area contributed by atoms with E-state index in [1.54, 1.807) is 0 Å². The third-order valence-electron chi connectivity index (χ3n) is 10.1. The summed E-state index contributed by atoms with van der Waals surface area (Å²) in [6, 6.07) is 47.4. The molecule has 0 saturated carbocycles. The molecule has 0 radical (unpaired) electrons. The largest absolute Gasteiger partial charge is 0.478 e. The second-order valence-corrected chi connectivity index (χ2v) is 13.6. The van der Waals surface area contributed by atoms with Gasteiger partial charge in [0.05, 0.1) is 5.56 Å². The summed E-state index contributed by atoms with van der Waals surface area (Å²) in [6.07, 6.45) is 14.7. The van der Waals surface area contributed by atoms with Gasteiger partial charge in [0.15, 0.2) is 41.2 Å². The third-order valence-corrected chi connectivity index (χ3v) is 10.1. The number of rotatable bonds is 7. The molecule has 8 aromatic rings. The number of fused-ring (bicyclic) bond motifs is 2. The molecule has 2 unspecified atom stereocenters. The van der Waals surface area contributed by atoms with Crippen LogP contribution in [0.15, 0.2) is 189 Å². The zero-order valence-electron chi connectivity index (χ0n) is 30.1. The molecule has 10 rings (SSSR count). The summed E-state index contributed by atoms with van der Waals surface area (Å²) < 4.78 is 13.8. The zero-order chi connectivity index (χ0) is 37.3. The maximum absolute atomic E-state index is 6.91. The van der Waals surface area contributed by atoms with Crippen LogP contribution in [0, 0.1) is 0 Å². The van der Waals surface area contributed by atoms with E-state index in [0.717, 1.165) is 55.6 Å². The normalized spacial score (nSPS) is 15.3. The molecule has 5 aromatic carbocycles. The lowest BCUT2D eigenvalue weighted by Gasteiger charge is -2.34. The number of allylic oxidation sites excluding steroid dienone is 2. The number of benzene rings is 5. The van der Waals surface area contributed by atoms with Gasteiger partial charge in [-0.15, -0.1) is 0 Å². The molecule has 0 fully saturated rings. The number of aromatic nitrogens is 5. The SMILES string of the molecule is C1=CC2Oc3c(-c4cc(-c5ccncc5)cc(-c5ccncc5)c4)ccc(-c4nc(-c5ccccc5)nc(-c5cccc(-c6ccccc6)c5)n4)c3OC2C=C1. The smallest absolute Gasteiger partial charge is 0.174 e. The molecule has 4 heterocycles. The monoisotopic (exact) mass is 723 g/mol. The predicted molar refractivity (Wildman–Crippen MR) is 221 cm³/mol.